The highest BCUT2D eigenvalue weighted by Crippen LogP contribution is 2.26. The number of nitrogens with two attached hydrogens (primary N) is 1. The van der Waals surface area contributed by atoms with Crippen molar-refractivity contribution in [3.63, 3.8) is 0 Å². The topological polar surface area (TPSA) is 93.0 Å². The number of carbonyl (C=O) groups excluding carboxylic acids is 1. The number of aromatic amines is 1. The smallest absolute Gasteiger partial charge is 0.256 e. The molecule has 110 valence electrons. The summed E-state index contributed by atoms with van der Waals surface area (Å²) in [7, 11) is 0. The summed E-state index contributed by atoms with van der Waals surface area (Å²) in [5.74, 6) is 0.737. The molecule has 0 saturated carbocycles. The third kappa shape index (κ3) is 3.22. The van der Waals surface area contributed by atoms with Crippen LogP contribution in [0.2, 0.25) is 0 Å². The van der Waals surface area contributed by atoms with Crippen LogP contribution in [0.1, 0.15) is 34.8 Å². The van der Waals surface area contributed by atoms with Gasteiger partial charge in [-0.05, 0) is 31.0 Å². The SMILES string of the molecule is Nc1cccc(C(=O)Nc2cc(C3CCOCC3)[nH]n2)c1. The first-order chi connectivity index (χ1) is 10.2. The zero-order valence-corrected chi connectivity index (χ0v) is 11.6. The normalized spacial score (nSPS) is 15.8. The molecule has 6 nitrogen and oxygen atoms in total. The molecule has 2 heterocycles. The van der Waals surface area contributed by atoms with Gasteiger partial charge in [-0.3, -0.25) is 9.89 Å². The molecule has 0 bridgehead atoms. The number of ether oxygens (including phenoxy) is 1. The van der Waals surface area contributed by atoms with Crippen LogP contribution in [0.15, 0.2) is 30.3 Å². The molecule has 0 atom stereocenters. The van der Waals surface area contributed by atoms with E-state index in [1.165, 1.54) is 0 Å². The highest BCUT2D eigenvalue weighted by Gasteiger charge is 2.18. The lowest BCUT2D eigenvalue weighted by molar-refractivity contribution is 0.0845. The summed E-state index contributed by atoms with van der Waals surface area (Å²) < 4.78 is 5.35. The summed E-state index contributed by atoms with van der Waals surface area (Å²) in [5.41, 5.74) is 7.80. The van der Waals surface area contributed by atoms with Crippen LogP contribution in [0.4, 0.5) is 11.5 Å². The number of hydrogen-bond acceptors (Lipinski definition) is 4. The Bertz CT molecular complexity index is 632. The maximum atomic E-state index is 12.1. The van der Waals surface area contributed by atoms with Gasteiger partial charge in [-0.2, -0.15) is 5.10 Å². The fraction of sp³-hybridized carbons (Fsp3) is 0.333. The van der Waals surface area contributed by atoms with Gasteiger partial charge in [-0.25, -0.2) is 0 Å². The van der Waals surface area contributed by atoms with E-state index in [2.05, 4.69) is 15.5 Å². The van der Waals surface area contributed by atoms with Crippen LogP contribution < -0.4 is 11.1 Å². The lowest BCUT2D eigenvalue weighted by Gasteiger charge is -2.20. The molecule has 1 aromatic heterocycles. The Hall–Kier alpha value is -2.34. The van der Waals surface area contributed by atoms with Crippen molar-refractivity contribution in [2.45, 2.75) is 18.8 Å². The fourth-order valence-electron chi connectivity index (χ4n) is 2.49. The number of hydrogen-bond donors (Lipinski definition) is 3. The summed E-state index contributed by atoms with van der Waals surface area (Å²) in [5, 5.41) is 9.93. The molecule has 1 aromatic carbocycles. The molecular weight excluding hydrogens is 268 g/mol. The van der Waals surface area contributed by atoms with Crippen molar-refractivity contribution >= 4 is 17.4 Å². The molecule has 21 heavy (non-hydrogen) atoms. The van der Waals surface area contributed by atoms with E-state index in [0.717, 1.165) is 31.7 Å². The van der Waals surface area contributed by atoms with Gasteiger partial charge >= 0.3 is 0 Å². The van der Waals surface area contributed by atoms with Crippen molar-refractivity contribution in [2.75, 3.05) is 24.3 Å². The number of benzene rings is 1. The number of anilines is 2. The van der Waals surface area contributed by atoms with Gasteiger partial charge in [0.05, 0.1) is 0 Å². The van der Waals surface area contributed by atoms with E-state index in [1.54, 1.807) is 24.3 Å². The Morgan fingerprint density at radius 3 is 2.90 bits per heavy atom. The first-order valence-electron chi connectivity index (χ1n) is 7.02. The molecule has 1 aliphatic heterocycles. The number of nitrogens with zero attached hydrogens (tertiary/aromatic N) is 1. The van der Waals surface area contributed by atoms with Crippen molar-refractivity contribution < 1.29 is 9.53 Å². The summed E-state index contributed by atoms with van der Waals surface area (Å²) in [4.78, 5) is 12.1. The van der Waals surface area contributed by atoms with Crippen LogP contribution >= 0.6 is 0 Å². The minimum atomic E-state index is -0.215. The largest absolute Gasteiger partial charge is 0.399 e. The van der Waals surface area contributed by atoms with Gasteiger partial charge < -0.3 is 15.8 Å². The third-order valence-electron chi connectivity index (χ3n) is 3.65. The maximum absolute atomic E-state index is 12.1. The zero-order chi connectivity index (χ0) is 14.7. The highest BCUT2D eigenvalue weighted by atomic mass is 16.5. The van der Waals surface area contributed by atoms with Gasteiger partial charge in [0.1, 0.15) is 0 Å². The highest BCUT2D eigenvalue weighted by molar-refractivity contribution is 6.04. The molecule has 0 aliphatic carbocycles. The second-order valence-corrected chi connectivity index (χ2v) is 5.17. The molecule has 1 saturated heterocycles. The van der Waals surface area contributed by atoms with E-state index >= 15 is 0 Å². The molecule has 0 unspecified atom stereocenters. The molecule has 3 rings (SSSR count). The third-order valence-corrected chi connectivity index (χ3v) is 3.65. The molecular formula is C15H18N4O2. The predicted octanol–water partition coefficient (Wildman–Crippen LogP) is 2.14. The average molecular weight is 286 g/mol. The van der Waals surface area contributed by atoms with Crippen molar-refractivity contribution in [3.05, 3.63) is 41.6 Å². The predicted molar refractivity (Wildman–Crippen MR) is 80.2 cm³/mol. The lowest BCUT2D eigenvalue weighted by Crippen LogP contribution is -2.14. The number of rotatable bonds is 3. The summed E-state index contributed by atoms with van der Waals surface area (Å²) >= 11 is 0. The average Bonchev–Trinajstić information content (AvgIpc) is 2.97. The van der Waals surface area contributed by atoms with Gasteiger partial charge in [0, 0.05) is 42.1 Å². The first-order valence-corrected chi connectivity index (χ1v) is 7.02. The maximum Gasteiger partial charge on any atom is 0.256 e. The quantitative estimate of drug-likeness (QED) is 0.754. The summed E-state index contributed by atoms with van der Waals surface area (Å²) in [6.45, 7) is 1.54. The molecule has 4 N–H and O–H groups in total. The molecule has 1 fully saturated rings. The number of nitrogen functional groups attached to an aromatic ring is 1. The van der Waals surface area contributed by atoms with E-state index in [-0.39, 0.29) is 5.91 Å². The van der Waals surface area contributed by atoms with Gasteiger partial charge in [-0.1, -0.05) is 6.07 Å². The second-order valence-electron chi connectivity index (χ2n) is 5.17. The van der Waals surface area contributed by atoms with Gasteiger partial charge in [0.25, 0.3) is 5.91 Å². The van der Waals surface area contributed by atoms with Crippen LogP contribution in [0.25, 0.3) is 0 Å². The summed E-state index contributed by atoms with van der Waals surface area (Å²) in [6, 6.07) is 8.75. The Morgan fingerprint density at radius 1 is 1.33 bits per heavy atom. The van der Waals surface area contributed by atoms with Gasteiger partial charge in [0.15, 0.2) is 5.82 Å². The molecule has 1 amide bonds. The van der Waals surface area contributed by atoms with Crippen LogP contribution in [0.3, 0.4) is 0 Å². The van der Waals surface area contributed by atoms with Crippen molar-refractivity contribution in [1.82, 2.24) is 10.2 Å². The number of nitrogens with one attached hydrogen (secondary N) is 2. The minimum absolute atomic E-state index is 0.215. The zero-order valence-electron chi connectivity index (χ0n) is 11.6. The van der Waals surface area contributed by atoms with Crippen LogP contribution in [0.5, 0.6) is 0 Å². The Morgan fingerprint density at radius 2 is 2.14 bits per heavy atom. The Kier molecular flexibility index (Phi) is 3.87. The van der Waals surface area contributed by atoms with Gasteiger partial charge in [-0.15, -0.1) is 0 Å². The monoisotopic (exact) mass is 286 g/mol. The number of H-pyrrole nitrogens is 1. The van der Waals surface area contributed by atoms with Crippen LogP contribution in [-0.2, 0) is 4.74 Å². The van der Waals surface area contributed by atoms with E-state index in [4.69, 9.17) is 10.5 Å². The Balaban J connectivity index is 1.68. The van der Waals surface area contributed by atoms with Crippen LogP contribution in [0, 0.1) is 0 Å². The molecule has 0 radical (unpaired) electrons. The van der Waals surface area contributed by atoms with Crippen molar-refractivity contribution in [1.29, 1.82) is 0 Å². The van der Waals surface area contributed by atoms with Gasteiger partial charge in [0.2, 0.25) is 0 Å². The first kappa shape index (κ1) is 13.6. The van der Waals surface area contributed by atoms with E-state index < -0.39 is 0 Å². The standard InChI is InChI=1S/C15H18N4O2/c16-12-3-1-2-11(8-12)15(20)17-14-9-13(18-19-14)10-4-6-21-7-5-10/h1-3,8-10H,4-7,16H2,(H2,17,18,19,20). The Labute approximate surface area is 122 Å². The van der Waals surface area contributed by atoms with E-state index in [1.807, 2.05) is 6.07 Å². The van der Waals surface area contributed by atoms with E-state index in [9.17, 15) is 4.79 Å². The number of amides is 1. The fourth-order valence-corrected chi connectivity index (χ4v) is 2.49. The van der Waals surface area contributed by atoms with Crippen molar-refractivity contribution in [2.24, 2.45) is 0 Å². The summed E-state index contributed by atoms with van der Waals surface area (Å²) in [6.07, 6.45) is 1.95. The number of aromatic nitrogens is 2. The van der Waals surface area contributed by atoms with Crippen LogP contribution in [-0.4, -0.2) is 29.3 Å². The number of carbonyl (C=O) groups is 1. The second kappa shape index (κ2) is 5.97. The molecule has 6 heteroatoms. The molecule has 0 spiro atoms. The minimum Gasteiger partial charge on any atom is -0.399 e. The molecule has 2 aromatic rings. The van der Waals surface area contributed by atoms with E-state index in [0.29, 0.717) is 23.0 Å². The van der Waals surface area contributed by atoms with Crippen molar-refractivity contribution in [3.8, 4) is 0 Å². The lowest BCUT2D eigenvalue weighted by atomic mass is 9.97. The molecule has 1 aliphatic rings.